The topological polar surface area (TPSA) is 36.9 Å². The summed E-state index contributed by atoms with van der Waals surface area (Å²) in [5, 5.41) is 0. The number of hydrogen-bond donors (Lipinski definition) is 0. The maximum atomic E-state index is 5.07. The molecule has 0 amide bonds. The van der Waals surface area contributed by atoms with Gasteiger partial charge in [0.15, 0.2) is 11.5 Å². The molecule has 0 fully saturated rings. The van der Waals surface area contributed by atoms with Crippen LogP contribution in [0.2, 0.25) is 0 Å². The van der Waals surface area contributed by atoms with Crippen LogP contribution in [-0.2, 0) is 18.8 Å². The van der Waals surface area contributed by atoms with Crippen LogP contribution < -0.4 is 0 Å². The fraction of sp³-hybridized carbons (Fsp3) is 0.600. The molecule has 0 aromatic rings. The second-order valence-electron chi connectivity index (χ2n) is 1.97. The van der Waals surface area contributed by atoms with E-state index in [2.05, 4.69) is 0 Å². The maximum absolute atomic E-state index is 5.07. The van der Waals surface area contributed by atoms with Crippen LogP contribution >= 0.6 is 0 Å². The van der Waals surface area contributed by atoms with Gasteiger partial charge in [-0.05, 0) is 0 Å². The Kier molecular flexibility index (Phi) is 1.53. The molecule has 0 unspecified atom stereocenters. The standard InChI is InChI=1S/C5H6BO4/c1-4-5(8-3-7-4)2-10-6-9-1/h1-3H2. The summed E-state index contributed by atoms with van der Waals surface area (Å²) in [6.07, 6.45) is 0. The quantitative estimate of drug-likeness (QED) is 0.437. The second kappa shape index (κ2) is 2.52. The van der Waals surface area contributed by atoms with E-state index in [4.69, 9.17) is 18.8 Å². The normalized spacial score (nSPS) is 24.0. The van der Waals surface area contributed by atoms with Crippen molar-refractivity contribution in [2.24, 2.45) is 0 Å². The monoisotopic (exact) mass is 141 g/mol. The van der Waals surface area contributed by atoms with Crippen LogP contribution in [0.1, 0.15) is 0 Å². The van der Waals surface area contributed by atoms with Crippen LogP contribution in [0.25, 0.3) is 0 Å². The lowest BCUT2D eigenvalue weighted by Crippen LogP contribution is -2.05. The Morgan fingerprint density at radius 2 is 1.60 bits per heavy atom. The summed E-state index contributed by atoms with van der Waals surface area (Å²) < 4.78 is 19.9. The first-order chi connectivity index (χ1) is 4.97. The number of ether oxygens (including phenoxy) is 2. The van der Waals surface area contributed by atoms with Gasteiger partial charge in [-0.15, -0.1) is 0 Å². The molecule has 0 saturated carbocycles. The van der Waals surface area contributed by atoms with E-state index in [1.54, 1.807) is 0 Å². The highest BCUT2D eigenvalue weighted by Crippen LogP contribution is 2.18. The van der Waals surface area contributed by atoms with Gasteiger partial charge in [-0.2, -0.15) is 0 Å². The van der Waals surface area contributed by atoms with Crippen LogP contribution in [0.15, 0.2) is 11.5 Å². The fourth-order valence-electron chi connectivity index (χ4n) is 0.845. The highest BCUT2D eigenvalue weighted by atomic mass is 16.7. The molecule has 0 spiro atoms. The van der Waals surface area contributed by atoms with E-state index in [1.165, 1.54) is 7.69 Å². The summed E-state index contributed by atoms with van der Waals surface area (Å²) in [7, 11) is 1.30. The molecule has 2 aliphatic heterocycles. The Labute approximate surface area is 59.0 Å². The van der Waals surface area contributed by atoms with Gasteiger partial charge in [0.2, 0.25) is 6.79 Å². The van der Waals surface area contributed by atoms with E-state index < -0.39 is 0 Å². The second-order valence-corrected chi connectivity index (χ2v) is 1.97. The summed E-state index contributed by atoms with van der Waals surface area (Å²) in [4.78, 5) is 0. The maximum Gasteiger partial charge on any atom is 0.488 e. The van der Waals surface area contributed by atoms with E-state index in [0.29, 0.717) is 13.2 Å². The lowest BCUT2D eigenvalue weighted by Gasteiger charge is -1.99. The van der Waals surface area contributed by atoms with E-state index in [1.807, 2.05) is 0 Å². The zero-order valence-electron chi connectivity index (χ0n) is 5.33. The first-order valence-corrected chi connectivity index (χ1v) is 2.99. The minimum absolute atomic E-state index is 0.289. The van der Waals surface area contributed by atoms with Gasteiger partial charge in [-0.25, -0.2) is 0 Å². The molecule has 0 aliphatic carbocycles. The van der Waals surface area contributed by atoms with Gasteiger partial charge in [0.1, 0.15) is 0 Å². The molecule has 5 heteroatoms. The van der Waals surface area contributed by atoms with Crippen molar-refractivity contribution in [2.75, 3.05) is 20.0 Å². The van der Waals surface area contributed by atoms with Crippen molar-refractivity contribution in [1.82, 2.24) is 0 Å². The Morgan fingerprint density at radius 3 is 2.20 bits per heavy atom. The van der Waals surface area contributed by atoms with E-state index >= 15 is 0 Å². The average molecular weight is 141 g/mol. The van der Waals surface area contributed by atoms with E-state index in [9.17, 15) is 0 Å². The lowest BCUT2D eigenvalue weighted by atomic mass is 10.4. The minimum Gasteiger partial charge on any atom is -0.456 e. The lowest BCUT2D eigenvalue weighted by molar-refractivity contribution is 0.0493. The largest absolute Gasteiger partial charge is 0.488 e. The van der Waals surface area contributed by atoms with Crippen molar-refractivity contribution in [1.29, 1.82) is 0 Å². The number of rotatable bonds is 0. The molecule has 4 nitrogen and oxygen atoms in total. The highest BCUT2D eigenvalue weighted by Gasteiger charge is 2.20. The molecule has 1 radical (unpaired) electrons. The fourth-order valence-corrected chi connectivity index (χ4v) is 0.845. The Morgan fingerprint density at radius 1 is 1.00 bits per heavy atom. The molecule has 0 saturated heterocycles. The first-order valence-electron chi connectivity index (χ1n) is 2.99. The molecule has 0 bridgehead atoms. The summed E-state index contributed by atoms with van der Waals surface area (Å²) in [5.41, 5.74) is 0. The predicted octanol–water partition coefficient (Wildman–Crippen LogP) is -0.217. The molecule has 2 heterocycles. The number of hydrogen-bond acceptors (Lipinski definition) is 4. The Bertz CT molecular complexity index is 151. The van der Waals surface area contributed by atoms with Crippen molar-refractivity contribution < 1.29 is 18.8 Å². The third-order valence-electron chi connectivity index (χ3n) is 1.34. The van der Waals surface area contributed by atoms with Gasteiger partial charge >= 0.3 is 7.69 Å². The third kappa shape index (κ3) is 0.976. The van der Waals surface area contributed by atoms with E-state index in [-0.39, 0.29) is 6.79 Å². The molecular weight excluding hydrogens is 135 g/mol. The van der Waals surface area contributed by atoms with E-state index in [0.717, 1.165) is 11.5 Å². The van der Waals surface area contributed by atoms with Crippen molar-refractivity contribution in [3.05, 3.63) is 11.5 Å². The van der Waals surface area contributed by atoms with Gasteiger partial charge in [0.05, 0.1) is 13.2 Å². The molecule has 2 aliphatic rings. The highest BCUT2D eigenvalue weighted by molar-refractivity contribution is 6.18. The van der Waals surface area contributed by atoms with Gasteiger partial charge in [-0.3, -0.25) is 0 Å². The summed E-state index contributed by atoms with van der Waals surface area (Å²) >= 11 is 0. The van der Waals surface area contributed by atoms with Crippen LogP contribution in [0, 0.1) is 0 Å². The molecule has 0 N–H and O–H groups in total. The van der Waals surface area contributed by atoms with Crippen LogP contribution in [-0.4, -0.2) is 27.7 Å². The predicted molar refractivity (Wildman–Crippen MR) is 31.7 cm³/mol. The summed E-state index contributed by atoms with van der Waals surface area (Å²) in [6.45, 7) is 1.11. The molecule has 10 heavy (non-hydrogen) atoms. The summed E-state index contributed by atoms with van der Waals surface area (Å²) in [5.74, 6) is 1.49. The third-order valence-corrected chi connectivity index (χ3v) is 1.34. The van der Waals surface area contributed by atoms with Crippen LogP contribution in [0.4, 0.5) is 0 Å². The van der Waals surface area contributed by atoms with Crippen LogP contribution in [0.3, 0.4) is 0 Å². The Hall–Kier alpha value is -0.675. The van der Waals surface area contributed by atoms with Gasteiger partial charge < -0.3 is 18.8 Å². The van der Waals surface area contributed by atoms with Crippen molar-refractivity contribution >= 4 is 7.69 Å². The molecule has 0 aromatic heterocycles. The van der Waals surface area contributed by atoms with Gasteiger partial charge in [0, 0.05) is 0 Å². The molecule has 53 valence electrons. The van der Waals surface area contributed by atoms with Crippen molar-refractivity contribution in [2.45, 2.75) is 0 Å². The zero-order chi connectivity index (χ0) is 6.81. The van der Waals surface area contributed by atoms with Crippen molar-refractivity contribution in [3.63, 3.8) is 0 Å². The minimum atomic E-state index is 0.289. The molecular formula is C5H6BO4. The summed E-state index contributed by atoms with van der Waals surface area (Å²) in [6, 6.07) is 0. The average Bonchev–Trinajstić information content (AvgIpc) is 2.28. The first kappa shape index (κ1) is 6.06. The smallest absolute Gasteiger partial charge is 0.456 e. The molecule has 0 atom stereocenters. The molecule has 0 aromatic carbocycles. The molecule has 2 rings (SSSR count). The Balaban J connectivity index is 2.10. The van der Waals surface area contributed by atoms with Gasteiger partial charge in [-0.1, -0.05) is 0 Å². The van der Waals surface area contributed by atoms with Crippen LogP contribution in [0.5, 0.6) is 0 Å². The zero-order valence-corrected chi connectivity index (χ0v) is 5.33. The SMILES string of the molecule is [B]1OCC2=C(CO1)OCO2. The van der Waals surface area contributed by atoms with Crippen molar-refractivity contribution in [3.8, 4) is 0 Å². The van der Waals surface area contributed by atoms with Gasteiger partial charge in [0.25, 0.3) is 0 Å².